The van der Waals surface area contributed by atoms with Crippen LogP contribution >= 0.6 is 0 Å². The van der Waals surface area contributed by atoms with Crippen LogP contribution in [0.5, 0.6) is 0 Å². The lowest BCUT2D eigenvalue weighted by molar-refractivity contribution is -0.195. The Morgan fingerprint density at radius 3 is 2.50 bits per heavy atom. The summed E-state index contributed by atoms with van der Waals surface area (Å²) in [5.41, 5.74) is 8.41. The molecule has 4 N–H and O–H groups in total. The Labute approximate surface area is 263 Å². The van der Waals surface area contributed by atoms with Gasteiger partial charge >= 0.3 is 6.18 Å². The fraction of sp³-hybridized carbons (Fsp3) is 0.344. The van der Waals surface area contributed by atoms with Gasteiger partial charge in [0.15, 0.2) is 5.54 Å². The highest BCUT2D eigenvalue weighted by molar-refractivity contribution is 5.99. The Morgan fingerprint density at radius 1 is 1.11 bits per heavy atom. The zero-order chi connectivity index (χ0) is 32.9. The maximum absolute atomic E-state index is 14.1. The summed E-state index contributed by atoms with van der Waals surface area (Å²) >= 11 is 0. The van der Waals surface area contributed by atoms with Gasteiger partial charge in [-0.2, -0.15) is 28.8 Å². The first-order chi connectivity index (χ1) is 21.8. The average molecular weight is 628 g/mol. The third kappa shape index (κ3) is 5.52. The molecule has 0 bridgehead atoms. The Kier molecular flexibility index (Phi) is 7.49. The highest BCUT2D eigenvalue weighted by Crippen LogP contribution is 2.54. The van der Waals surface area contributed by atoms with E-state index in [0.29, 0.717) is 40.1 Å². The molecule has 0 unspecified atom stereocenters. The Bertz CT molecular complexity index is 1910. The van der Waals surface area contributed by atoms with Gasteiger partial charge < -0.3 is 16.1 Å². The molecule has 1 atom stereocenters. The standard InChI is InChI=1S/C32H32F3N11/c1-19-23(6-5-7-26(19)45-18-38-17-41-45)29(25-15-46(44-43-25)31(8-9-31)32(33,34)35)42-22-10-20(12-36)27-24(11-22)28(21(13-37)14-39-27)40-16-30(2,3)4/h5-7,10-11,14-15,17-18,29,42-44H,8-9,16H2,1-4H3,(H,39,40)/t29-/m0/s1. The van der Waals surface area contributed by atoms with Gasteiger partial charge in [-0.15, -0.1) is 5.53 Å². The molecule has 11 nitrogen and oxygen atoms in total. The number of anilines is 2. The first kappa shape index (κ1) is 30.7. The van der Waals surface area contributed by atoms with E-state index in [4.69, 9.17) is 0 Å². The number of hydrogen-bond acceptors (Lipinski definition) is 10. The largest absolute Gasteiger partial charge is 0.413 e. The van der Waals surface area contributed by atoms with E-state index in [-0.39, 0.29) is 23.8 Å². The molecule has 0 spiro atoms. The van der Waals surface area contributed by atoms with Crippen LogP contribution in [0.15, 0.2) is 61.1 Å². The average Bonchev–Trinajstić information content (AvgIpc) is 3.41. The summed E-state index contributed by atoms with van der Waals surface area (Å²) in [4.78, 5) is 8.48. The lowest BCUT2D eigenvalue weighted by Crippen LogP contribution is -2.52. The minimum atomic E-state index is -4.43. The number of nitrogens with one attached hydrogen (secondary N) is 4. The molecule has 1 aliphatic heterocycles. The minimum Gasteiger partial charge on any atom is -0.383 e. The molecular formula is C32H32F3N11. The SMILES string of the molecule is Cc1c([C@H](Nc2cc(C#N)c3ncc(C#N)c(NCC(C)(C)C)c3c2)C2=CN(C3(C(F)(F)F)CC3)NN2)cccc1-n1cncn1. The molecule has 4 aromatic rings. The number of halogens is 3. The number of alkyl halides is 3. The van der Waals surface area contributed by atoms with Crippen LogP contribution in [-0.4, -0.2) is 43.0 Å². The number of fused-ring (bicyclic) bond motifs is 1. The van der Waals surface area contributed by atoms with Crippen molar-refractivity contribution in [3.8, 4) is 17.8 Å². The third-order valence-electron chi connectivity index (χ3n) is 8.25. The second-order valence-corrected chi connectivity index (χ2v) is 12.7. The van der Waals surface area contributed by atoms with Gasteiger partial charge in [-0.05, 0) is 54.5 Å². The molecule has 1 aliphatic carbocycles. The van der Waals surface area contributed by atoms with Crippen LogP contribution in [0.25, 0.3) is 16.6 Å². The number of aromatic nitrogens is 4. The molecule has 6 rings (SSSR count). The lowest BCUT2D eigenvalue weighted by atomic mass is 9.95. The highest BCUT2D eigenvalue weighted by atomic mass is 19.4. The quantitative estimate of drug-likeness (QED) is 0.191. The Morgan fingerprint density at radius 2 is 1.87 bits per heavy atom. The molecule has 0 saturated heterocycles. The van der Waals surface area contributed by atoms with Crippen molar-refractivity contribution in [2.45, 2.75) is 58.3 Å². The number of nitriles is 2. The Balaban J connectivity index is 1.48. The van der Waals surface area contributed by atoms with Crippen molar-refractivity contribution in [1.29, 1.82) is 10.5 Å². The number of hydrogen-bond donors (Lipinski definition) is 4. The van der Waals surface area contributed by atoms with Gasteiger partial charge in [0.1, 0.15) is 24.8 Å². The molecule has 46 heavy (non-hydrogen) atoms. The van der Waals surface area contributed by atoms with Crippen LogP contribution in [0.3, 0.4) is 0 Å². The predicted octanol–water partition coefficient (Wildman–Crippen LogP) is 5.74. The molecule has 0 amide bonds. The first-order valence-corrected chi connectivity index (χ1v) is 14.7. The molecular weight excluding hydrogens is 595 g/mol. The summed E-state index contributed by atoms with van der Waals surface area (Å²) in [6.45, 7) is 8.64. The highest BCUT2D eigenvalue weighted by Gasteiger charge is 2.67. The van der Waals surface area contributed by atoms with E-state index in [2.05, 4.69) is 69.6 Å². The van der Waals surface area contributed by atoms with E-state index in [0.717, 1.165) is 21.8 Å². The summed E-state index contributed by atoms with van der Waals surface area (Å²) in [6.07, 6.45) is 1.40. The van der Waals surface area contributed by atoms with Crippen molar-refractivity contribution >= 4 is 22.3 Å². The molecule has 236 valence electrons. The lowest BCUT2D eigenvalue weighted by Gasteiger charge is -2.28. The van der Waals surface area contributed by atoms with Crippen molar-refractivity contribution in [2.75, 3.05) is 17.2 Å². The Hall–Kier alpha value is -5.34. The van der Waals surface area contributed by atoms with E-state index in [1.807, 2.05) is 25.1 Å². The minimum absolute atomic E-state index is 0.0252. The maximum atomic E-state index is 14.1. The monoisotopic (exact) mass is 627 g/mol. The predicted molar refractivity (Wildman–Crippen MR) is 166 cm³/mol. The van der Waals surface area contributed by atoms with Crippen LogP contribution in [0.1, 0.15) is 61.9 Å². The van der Waals surface area contributed by atoms with Gasteiger partial charge in [-0.1, -0.05) is 32.9 Å². The molecule has 0 radical (unpaired) electrons. The van der Waals surface area contributed by atoms with E-state index in [9.17, 15) is 23.7 Å². The van der Waals surface area contributed by atoms with Gasteiger partial charge in [0.05, 0.1) is 39.8 Å². The van der Waals surface area contributed by atoms with Crippen molar-refractivity contribution in [3.63, 3.8) is 0 Å². The number of pyridine rings is 1. The number of rotatable bonds is 8. The molecule has 2 aromatic carbocycles. The van der Waals surface area contributed by atoms with Crippen LogP contribution in [0.4, 0.5) is 24.5 Å². The first-order valence-electron chi connectivity index (χ1n) is 14.7. The molecule has 2 aliphatic rings. The van der Waals surface area contributed by atoms with E-state index < -0.39 is 17.8 Å². The summed E-state index contributed by atoms with van der Waals surface area (Å²) in [5.74, 6) is 0. The fourth-order valence-electron chi connectivity index (χ4n) is 5.61. The van der Waals surface area contributed by atoms with Gasteiger partial charge in [0, 0.05) is 30.0 Å². The van der Waals surface area contributed by atoms with Crippen molar-refractivity contribution < 1.29 is 13.2 Å². The molecule has 1 saturated carbocycles. The zero-order valence-corrected chi connectivity index (χ0v) is 25.7. The summed E-state index contributed by atoms with van der Waals surface area (Å²) < 4.78 is 43.8. The number of benzene rings is 2. The normalized spacial score (nSPS) is 16.3. The topological polar surface area (TPSA) is 143 Å². The van der Waals surface area contributed by atoms with E-state index >= 15 is 0 Å². The summed E-state index contributed by atoms with van der Waals surface area (Å²) in [7, 11) is 0. The second kappa shape index (κ2) is 11.2. The van der Waals surface area contributed by atoms with Crippen LogP contribution in [-0.2, 0) is 0 Å². The van der Waals surface area contributed by atoms with Crippen LogP contribution in [0, 0.1) is 35.0 Å². The number of hydrazine groups is 2. The molecule has 2 aromatic heterocycles. The second-order valence-electron chi connectivity index (χ2n) is 12.7. The molecule has 14 heteroatoms. The summed E-state index contributed by atoms with van der Waals surface area (Å²) in [6, 6.07) is 12.8. The van der Waals surface area contributed by atoms with Crippen molar-refractivity contribution in [1.82, 2.24) is 35.7 Å². The smallest absolute Gasteiger partial charge is 0.383 e. The summed E-state index contributed by atoms with van der Waals surface area (Å²) in [5, 5.41) is 32.8. The zero-order valence-electron chi connectivity index (χ0n) is 25.7. The van der Waals surface area contributed by atoms with Crippen LogP contribution in [0.2, 0.25) is 0 Å². The van der Waals surface area contributed by atoms with E-state index in [1.54, 1.807) is 23.1 Å². The molecule has 1 fully saturated rings. The maximum Gasteiger partial charge on any atom is 0.413 e. The van der Waals surface area contributed by atoms with E-state index in [1.165, 1.54) is 18.7 Å². The fourth-order valence-corrected chi connectivity index (χ4v) is 5.61. The van der Waals surface area contributed by atoms with Crippen LogP contribution < -0.4 is 21.6 Å². The number of nitrogens with zero attached hydrogens (tertiary/aromatic N) is 7. The van der Waals surface area contributed by atoms with Crippen molar-refractivity contribution in [2.24, 2.45) is 5.41 Å². The van der Waals surface area contributed by atoms with Gasteiger partial charge in [-0.25, -0.2) is 9.67 Å². The van der Waals surface area contributed by atoms with Crippen molar-refractivity contribution in [3.05, 3.63) is 83.3 Å². The third-order valence-corrected chi connectivity index (χ3v) is 8.25. The van der Waals surface area contributed by atoms with Gasteiger partial charge in [0.2, 0.25) is 0 Å². The van der Waals surface area contributed by atoms with Gasteiger partial charge in [0.25, 0.3) is 0 Å². The van der Waals surface area contributed by atoms with Gasteiger partial charge in [-0.3, -0.25) is 9.99 Å². The molecule has 3 heterocycles.